The van der Waals surface area contributed by atoms with E-state index < -0.39 is 0 Å². The predicted molar refractivity (Wildman–Crippen MR) is 115 cm³/mol. The van der Waals surface area contributed by atoms with Crippen LogP contribution < -0.4 is 15.4 Å². The number of aromatic nitrogens is 2. The highest BCUT2D eigenvalue weighted by Crippen LogP contribution is 2.23. The lowest BCUT2D eigenvalue weighted by molar-refractivity contribution is 0.122. The normalized spacial score (nSPS) is 17.7. The van der Waals surface area contributed by atoms with Crippen molar-refractivity contribution < 1.29 is 4.74 Å². The molecule has 2 aromatic heterocycles. The van der Waals surface area contributed by atoms with Crippen molar-refractivity contribution in [3.63, 3.8) is 0 Å². The van der Waals surface area contributed by atoms with Crippen LogP contribution in [0.4, 0.5) is 5.82 Å². The fourth-order valence-corrected chi connectivity index (χ4v) is 4.08. The van der Waals surface area contributed by atoms with Gasteiger partial charge in [-0.25, -0.2) is 4.98 Å². The summed E-state index contributed by atoms with van der Waals surface area (Å²) >= 11 is 1.73. The molecule has 1 aliphatic heterocycles. The highest BCUT2D eigenvalue weighted by atomic mass is 32.2. The van der Waals surface area contributed by atoms with Crippen LogP contribution in [-0.2, 0) is 11.3 Å². The van der Waals surface area contributed by atoms with Gasteiger partial charge in [-0.2, -0.15) is 0 Å². The lowest BCUT2D eigenvalue weighted by atomic mass is 9.96. The Hall–Kier alpha value is -1.67. The van der Waals surface area contributed by atoms with Crippen LogP contribution >= 0.6 is 11.9 Å². The van der Waals surface area contributed by atoms with Gasteiger partial charge in [-0.3, -0.25) is 9.71 Å². The predicted octanol–water partition coefficient (Wildman–Crippen LogP) is 3.39. The van der Waals surface area contributed by atoms with Crippen LogP contribution in [0.25, 0.3) is 0 Å². The van der Waals surface area contributed by atoms with Crippen LogP contribution in [0.1, 0.15) is 37.7 Å². The van der Waals surface area contributed by atoms with E-state index in [4.69, 9.17) is 10.5 Å². The molecular weight excluding hydrogens is 370 g/mol. The molecule has 1 saturated carbocycles. The van der Waals surface area contributed by atoms with E-state index in [9.17, 15) is 0 Å². The van der Waals surface area contributed by atoms with Gasteiger partial charge >= 0.3 is 0 Å². The molecule has 4 rings (SSSR count). The molecule has 0 unspecified atom stereocenters. The average Bonchev–Trinajstić information content (AvgIpc) is 2.80. The van der Waals surface area contributed by atoms with E-state index in [1.54, 1.807) is 24.3 Å². The Morgan fingerprint density at radius 2 is 1.82 bits per heavy atom. The van der Waals surface area contributed by atoms with E-state index in [2.05, 4.69) is 31.7 Å². The maximum atomic E-state index is 5.37. The van der Waals surface area contributed by atoms with Crippen molar-refractivity contribution in [3.8, 4) is 0 Å². The molecule has 0 aromatic carbocycles. The number of hydrogen-bond acceptors (Lipinski definition) is 7. The van der Waals surface area contributed by atoms with E-state index in [0.717, 1.165) is 37.7 Å². The number of hydrogen-bond donors (Lipinski definition) is 2. The number of morpholine rings is 1. The Balaban J connectivity index is 0.000000236. The van der Waals surface area contributed by atoms with E-state index in [-0.39, 0.29) is 0 Å². The lowest BCUT2D eigenvalue weighted by Crippen LogP contribution is -2.36. The van der Waals surface area contributed by atoms with Crippen molar-refractivity contribution in [2.75, 3.05) is 31.2 Å². The van der Waals surface area contributed by atoms with Crippen LogP contribution in [0.15, 0.2) is 47.8 Å². The van der Waals surface area contributed by atoms with Crippen LogP contribution in [0.2, 0.25) is 0 Å². The molecular formula is C21H31N5OS. The smallest absolute Gasteiger partial charge is 0.128 e. The van der Waals surface area contributed by atoms with Crippen molar-refractivity contribution in [3.05, 3.63) is 48.4 Å². The zero-order valence-corrected chi connectivity index (χ0v) is 17.2. The fraction of sp³-hybridized carbons (Fsp3) is 0.524. The maximum Gasteiger partial charge on any atom is 0.128 e. The third-order valence-electron chi connectivity index (χ3n) is 4.99. The number of rotatable bonds is 5. The van der Waals surface area contributed by atoms with Gasteiger partial charge < -0.3 is 15.4 Å². The number of pyridine rings is 2. The monoisotopic (exact) mass is 401 g/mol. The van der Waals surface area contributed by atoms with Gasteiger partial charge in [0.05, 0.1) is 13.2 Å². The van der Waals surface area contributed by atoms with Gasteiger partial charge in [-0.1, -0.05) is 19.3 Å². The zero-order valence-electron chi connectivity index (χ0n) is 16.4. The molecule has 1 aliphatic carbocycles. The molecule has 2 fully saturated rings. The summed E-state index contributed by atoms with van der Waals surface area (Å²) in [5.41, 5.74) is 6.45. The highest BCUT2D eigenvalue weighted by molar-refractivity contribution is 7.97. The molecule has 6 nitrogen and oxygen atoms in total. The van der Waals surface area contributed by atoms with Crippen LogP contribution in [-0.4, -0.2) is 42.3 Å². The summed E-state index contributed by atoms with van der Waals surface area (Å²) < 4.78 is 8.95. The molecule has 7 heteroatoms. The van der Waals surface area contributed by atoms with E-state index in [1.807, 2.05) is 18.3 Å². The summed E-state index contributed by atoms with van der Waals surface area (Å²) in [6, 6.07) is 8.77. The van der Waals surface area contributed by atoms with Crippen molar-refractivity contribution in [2.45, 2.75) is 49.6 Å². The minimum Gasteiger partial charge on any atom is -0.378 e. The summed E-state index contributed by atoms with van der Waals surface area (Å²) in [5.74, 6) is 1.07. The first-order chi connectivity index (χ1) is 13.8. The molecule has 0 spiro atoms. The summed E-state index contributed by atoms with van der Waals surface area (Å²) in [7, 11) is 0. The lowest BCUT2D eigenvalue weighted by Gasteiger charge is -2.27. The number of nitrogens with one attached hydrogen (secondary N) is 1. The van der Waals surface area contributed by atoms with E-state index >= 15 is 0 Å². The molecule has 0 radical (unpaired) electrons. The number of nitrogens with zero attached hydrogens (tertiary/aromatic N) is 3. The minimum absolute atomic E-state index is 0.600. The van der Waals surface area contributed by atoms with Gasteiger partial charge in [0.2, 0.25) is 0 Å². The Morgan fingerprint density at radius 3 is 2.43 bits per heavy atom. The Kier molecular flexibility index (Phi) is 9.03. The molecule has 3 heterocycles. The third-order valence-corrected chi connectivity index (χ3v) is 5.92. The summed E-state index contributed by atoms with van der Waals surface area (Å²) in [6.45, 7) is 4.10. The Morgan fingerprint density at radius 1 is 1.07 bits per heavy atom. The van der Waals surface area contributed by atoms with Gasteiger partial charge in [0.1, 0.15) is 5.82 Å². The van der Waals surface area contributed by atoms with Gasteiger partial charge in [-0.15, -0.1) is 0 Å². The van der Waals surface area contributed by atoms with Gasteiger partial charge in [-0.05, 0) is 54.6 Å². The maximum absolute atomic E-state index is 5.37. The first-order valence-corrected chi connectivity index (χ1v) is 11.0. The first kappa shape index (κ1) is 21.0. The summed E-state index contributed by atoms with van der Waals surface area (Å²) in [5, 5.41) is 0. The van der Waals surface area contributed by atoms with Crippen LogP contribution in [0.5, 0.6) is 0 Å². The molecule has 0 atom stereocenters. The standard InChI is InChI=1S/C15H23N3OS.C6H8N2/c1-2-4-13(5-3-1)17-20-14-6-7-15(16-12-14)18-8-10-19-11-9-18;7-5-6-1-3-8-4-2-6/h6-7,12-13,17H,1-5,8-11H2;1-4H,5,7H2. The van der Waals surface area contributed by atoms with Crippen molar-refractivity contribution >= 4 is 17.8 Å². The molecule has 3 N–H and O–H groups in total. The molecule has 152 valence electrons. The van der Waals surface area contributed by atoms with Gasteiger partial charge in [0.25, 0.3) is 0 Å². The molecule has 28 heavy (non-hydrogen) atoms. The van der Waals surface area contributed by atoms with Gasteiger partial charge in [0.15, 0.2) is 0 Å². The number of nitrogens with two attached hydrogens (primary N) is 1. The zero-order chi connectivity index (χ0) is 19.4. The van der Waals surface area contributed by atoms with Crippen molar-refractivity contribution in [1.29, 1.82) is 0 Å². The Bertz CT molecular complexity index is 658. The van der Waals surface area contributed by atoms with E-state index in [0.29, 0.717) is 12.6 Å². The molecule has 1 saturated heterocycles. The topological polar surface area (TPSA) is 76.3 Å². The largest absolute Gasteiger partial charge is 0.378 e. The SMILES string of the molecule is NCc1ccncc1.c1cc(N2CCOCC2)ncc1SNC1CCCCC1. The second-order valence-electron chi connectivity index (χ2n) is 7.07. The highest BCUT2D eigenvalue weighted by Gasteiger charge is 2.14. The Labute approximate surface area is 172 Å². The second kappa shape index (κ2) is 12.0. The third kappa shape index (κ3) is 7.05. The number of anilines is 1. The first-order valence-electron chi connectivity index (χ1n) is 10.2. The minimum atomic E-state index is 0.600. The number of ether oxygens (including phenoxy) is 1. The van der Waals surface area contributed by atoms with Gasteiger partial charge in [0, 0.05) is 49.2 Å². The molecule has 0 bridgehead atoms. The van der Waals surface area contributed by atoms with E-state index in [1.165, 1.54) is 37.0 Å². The van der Waals surface area contributed by atoms with Crippen LogP contribution in [0, 0.1) is 0 Å². The average molecular weight is 402 g/mol. The quantitative estimate of drug-likeness (QED) is 0.744. The van der Waals surface area contributed by atoms with Crippen molar-refractivity contribution in [2.24, 2.45) is 5.73 Å². The summed E-state index contributed by atoms with van der Waals surface area (Å²) in [4.78, 5) is 11.9. The molecule has 0 amide bonds. The molecule has 2 aliphatic rings. The van der Waals surface area contributed by atoms with Crippen LogP contribution in [0.3, 0.4) is 0 Å². The molecule has 2 aromatic rings. The summed E-state index contributed by atoms with van der Waals surface area (Å²) in [6.07, 6.45) is 12.2. The van der Waals surface area contributed by atoms with Crippen molar-refractivity contribution in [1.82, 2.24) is 14.7 Å². The fourth-order valence-electron chi connectivity index (χ4n) is 3.30. The second-order valence-corrected chi connectivity index (χ2v) is 7.98.